The van der Waals surface area contributed by atoms with Gasteiger partial charge < -0.3 is 10.2 Å². The second-order valence-corrected chi connectivity index (χ2v) is 10.9. The van der Waals surface area contributed by atoms with Crippen LogP contribution in [0.15, 0.2) is 30.3 Å². The number of anilines is 1. The number of halogens is 5. The van der Waals surface area contributed by atoms with Gasteiger partial charge in [0.25, 0.3) is 11.8 Å². The van der Waals surface area contributed by atoms with Crippen LogP contribution < -0.4 is 10.6 Å². The molecule has 42 heavy (non-hydrogen) atoms. The zero-order chi connectivity index (χ0) is 30.4. The summed E-state index contributed by atoms with van der Waals surface area (Å²) >= 11 is 0. The van der Waals surface area contributed by atoms with Crippen LogP contribution in [0.3, 0.4) is 0 Å². The highest BCUT2D eigenvalue weighted by atomic mass is 19.4. The Balaban J connectivity index is 1.28. The average molecular weight is 591 g/mol. The normalized spacial score (nSPS) is 24.8. The number of alkyl halides is 3. The minimum atomic E-state index is -4.96. The smallest absolute Gasteiger partial charge is 0.325 e. The number of imide groups is 2. The predicted octanol–water partition coefficient (Wildman–Crippen LogP) is 2.59. The summed E-state index contributed by atoms with van der Waals surface area (Å²) in [5.41, 5.74) is -2.07. The van der Waals surface area contributed by atoms with E-state index in [1.54, 1.807) is 12.1 Å². The van der Waals surface area contributed by atoms with E-state index in [9.17, 15) is 45.9 Å². The van der Waals surface area contributed by atoms with Crippen LogP contribution >= 0.6 is 0 Å². The molecule has 1 unspecified atom stereocenters. The number of fused-ring (bicyclic) bond motifs is 3. The van der Waals surface area contributed by atoms with Crippen LogP contribution in [0.25, 0.3) is 0 Å². The van der Waals surface area contributed by atoms with Crippen LogP contribution in [0.4, 0.5) is 37.2 Å². The molecule has 2 N–H and O–H groups in total. The molecule has 7 amide bonds. The van der Waals surface area contributed by atoms with Crippen molar-refractivity contribution in [1.82, 2.24) is 20.0 Å². The number of likely N-dealkylation sites (N-methyl/N-ethyl adjacent to an activating group) is 1. The lowest BCUT2D eigenvalue weighted by molar-refractivity contribution is -0.155. The van der Waals surface area contributed by atoms with Gasteiger partial charge in [-0.05, 0) is 53.3 Å². The van der Waals surface area contributed by atoms with Gasteiger partial charge in [0.1, 0.15) is 30.3 Å². The van der Waals surface area contributed by atoms with Gasteiger partial charge in [0.2, 0.25) is 5.91 Å². The Morgan fingerprint density at radius 2 is 1.76 bits per heavy atom. The second kappa shape index (κ2) is 8.97. The predicted molar refractivity (Wildman–Crippen MR) is 133 cm³/mol. The quantitative estimate of drug-likeness (QED) is 0.419. The highest BCUT2D eigenvalue weighted by Crippen LogP contribution is 2.48. The second-order valence-electron chi connectivity index (χ2n) is 10.9. The molecule has 2 spiro atoms. The maximum absolute atomic E-state index is 14.6. The van der Waals surface area contributed by atoms with Crippen molar-refractivity contribution in [2.45, 2.75) is 42.9 Å². The summed E-state index contributed by atoms with van der Waals surface area (Å²) < 4.78 is 68.7. The molecule has 2 aromatic rings. The van der Waals surface area contributed by atoms with Crippen molar-refractivity contribution >= 4 is 35.5 Å². The largest absolute Gasteiger partial charge is 0.406 e. The van der Waals surface area contributed by atoms with E-state index in [1.807, 2.05) is 0 Å². The summed E-state index contributed by atoms with van der Waals surface area (Å²) in [6, 6.07) is 4.17. The lowest BCUT2D eigenvalue weighted by Gasteiger charge is -2.32. The highest BCUT2D eigenvalue weighted by Gasteiger charge is 2.63. The van der Waals surface area contributed by atoms with Crippen LogP contribution in [-0.4, -0.2) is 76.3 Å². The summed E-state index contributed by atoms with van der Waals surface area (Å²) in [5.74, 6) is -4.76. The SMILES string of the molecule is CN1C(=O)NC(=O)[C@@]12Cc1ccc(NC(=O)CN3C(=O)N(CC(F)(F)F)C(=O)C34CCc3c(F)cc(F)cc34)cc1C2. The summed E-state index contributed by atoms with van der Waals surface area (Å²) in [7, 11) is 1.50. The molecule has 4 aliphatic rings. The van der Waals surface area contributed by atoms with Gasteiger partial charge in [0, 0.05) is 31.6 Å². The molecule has 0 bridgehead atoms. The van der Waals surface area contributed by atoms with Crippen molar-refractivity contribution in [2.75, 3.05) is 25.5 Å². The van der Waals surface area contributed by atoms with Gasteiger partial charge in [-0.1, -0.05) is 6.07 Å². The van der Waals surface area contributed by atoms with Gasteiger partial charge in [-0.2, -0.15) is 13.2 Å². The van der Waals surface area contributed by atoms with Gasteiger partial charge in [-0.3, -0.25) is 29.5 Å². The third-order valence-corrected chi connectivity index (χ3v) is 8.55. The van der Waals surface area contributed by atoms with Crippen LogP contribution in [0.1, 0.15) is 28.7 Å². The molecule has 15 heteroatoms. The molecule has 2 aliphatic carbocycles. The molecule has 0 saturated carbocycles. The number of amides is 7. The molecular weight excluding hydrogens is 569 g/mol. The first-order valence-corrected chi connectivity index (χ1v) is 12.9. The van der Waals surface area contributed by atoms with Crippen molar-refractivity contribution in [2.24, 2.45) is 0 Å². The molecule has 2 aliphatic heterocycles. The Hall–Kier alpha value is -4.56. The molecule has 2 saturated heterocycles. The number of carbonyl (C=O) groups is 5. The number of benzene rings is 2. The molecular formula is C27H22F5N5O5. The topological polar surface area (TPSA) is 119 Å². The summed E-state index contributed by atoms with van der Waals surface area (Å²) in [6.07, 6.45) is -5.06. The molecule has 0 aromatic heterocycles. The first-order valence-electron chi connectivity index (χ1n) is 12.9. The van der Waals surface area contributed by atoms with E-state index >= 15 is 0 Å². The summed E-state index contributed by atoms with van der Waals surface area (Å²) in [5, 5.41) is 4.82. The van der Waals surface area contributed by atoms with E-state index in [1.165, 1.54) is 18.0 Å². The van der Waals surface area contributed by atoms with E-state index in [0.29, 0.717) is 16.5 Å². The van der Waals surface area contributed by atoms with E-state index in [0.717, 1.165) is 11.6 Å². The average Bonchev–Trinajstić information content (AvgIpc) is 3.57. The number of nitrogens with one attached hydrogen (secondary N) is 2. The first kappa shape index (κ1) is 27.6. The highest BCUT2D eigenvalue weighted by molar-refractivity contribution is 6.10. The van der Waals surface area contributed by atoms with E-state index in [-0.39, 0.29) is 47.4 Å². The first-order chi connectivity index (χ1) is 19.7. The zero-order valence-electron chi connectivity index (χ0n) is 21.9. The Labute approximate surface area is 234 Å². The molecule has 0 radical (unpaired) electrons. The standard InChI is InChI=1S/C27H22F5N5O5/c1-35-23(41)34-21(39)25(35)9-13-2-3-16(6-14(13)10-25)33-20(38)11-37-24(42)36(12-27(30,31)32)22(40)26(37)5-4-17-18(26)7-15(28)8-19(17)29/h2-3,6-8H,4-5,9-12H2,1H3,(H,33,38)(H,34,39,41)/t25-,26?/m0/s1. The Morgan fingerprint density at radius 3 is 2.43 bits per heavy atom. The zero-order valence-corrected chi connectivity index (χ0v) is 21.9. The monoisotopic (exact) mass is 591 g/mol. The Morgan fingerprint density at radius 1 is 1.05 bits per heavy atom. The minimum Gasteiger partial charge on any atom is -0.325 e. The number of carbonyl (C=O) groups excluding carboxylic acids is 5. The van der Waals surface area contributed by atoms with Crippen molar-refractivity contribution in [1.29, 1.82) is 0 Å². The number of urea groups is 2. The molecule has 10 nitrogen and oxygen atoms in total. The van der Waals surface area contributed by atoms with Gasteiger partial charge in [0.15, 0.2) is 5.54 Å². The van der Waals surface area contributed by atoms with Crippen molar-refractivity contribution in [3.63, 3.8) is 0 Å². The van der Waals surface area contributed by atoms with Crippen molar-refractivity contribution in [3.8, 4) is 0 Å². The third-order valence-electron chi connectivity index (χ3n) is 8.55. The molecule has 2 heterocycles. The number of nitrogens with zero attached hydrogens (tertiary/aromatic N) is 3. The number of hydrogen-bond acceptors (Lipinski definition) is 5. The molecule has 6 rings (SSSR count). The van der Waals surface area contributed by atoms with Crippen LogP contribution in [0.2, 0.25) is 0 Å². The maximum atomic E-state index is 14.6. The van der Waals surface area contributed by atoms with Gasteiger partial charge in [-0.25, -0.2) is 18.4 Å². The van der Waals surface area contributed by atoms with Crippen molar-refractivity contribution < 1.29 is 45.9 Å². The maximum Gasteiger partial charge on any atom is 0.406 e. The van der Waals surface area contributed by atoms with E-state index in [4.69, 9.17) is 0 Å². The Bertz CT molecular complexity index is 1610. The lowest BCUT2D eigenvalue weighted by Crippen LogP contribution is -2.48. The van der Waals surface area contributed by atoms with Crippen LogP contribution in [0, 0.1) is 11.6 Å². The van der Waals surface area contributed by atoms with Crippen molar-refractivity contribution in [3.05, 3.63) is 64.2 Å². The fraction of sp³-hybridized carbons (Fsp3) is 0.370. The third kappa shape index (κ3) is 3.93. The number of hydrogen-bond donors (Lipinski definition) is 2. The van der Waals surface area contributed by atoms with Gasteiger partial charge in [-0.15, -0.1) is 0 Å². The molecule has 2 aromatic carbocycles. The fourth-order valence-corrected chi connectivity index (χ4v) is 6.54. The summed E-state index contributed by atoms with van der Waals surface area (Å²) in [4.78, 5) is 66.2. The summed E-state index contributed by atoms with van der Waals surface area (Å²) in [6.45, 7) is -2.83. The van der Waals surface area contributed by atoms with Crippen LogP contribution in [0.5, 0.6) is 0 Å². The van der Waals surface area contributed by atoms with E-state index < -0.39 is 71.8 Å². The van der Waals surface area contributed by atoms with E-state index in [2.05, 4.69) is 10.6 Å². The minimum absolute atomic E-state index is 0.0511. The Kier molecular flexibility index (Phi) is 5.89. The number of rotatable bonds is 4. The lowest BCUT2D eigenvalue weighted by atomic mass is 9.89. The molecule has 2 atom stereocenters. The van der Waals surface area contributed by atoms with Gasteiger partial charge >= 0.3 is 18.2 Å². The fourth-order valence-electron chi connectivity index (χ4n) is 6.54. The molecule has 2 fully saturated rings. The molecule has 220 valence electrons. The van der Waals surface area contributed by atoms with Crippen LogP contribution in [-0.2, 0) is 39.2 Å². The van der Waals surface area contributed by atoms with Gasteiger partial charge in [0.05, 0.1) is 0 Å².